The molecule has 0 aliphatic carbocycles. The SMILES string of the molecule is C.CC(=O)OCC(=O)Cl.CC(=O)OCC(=O)N(C)c1cnc2nc(N3CCCC3)n(Cc3ccccc3)c2c1.CCc1cnc2nc(N3CCCC3)n(Cc3ccccc3)c2c1.CN(C(=O)CO)c1cnc2nc(N3CCCC3)n(Cc3ccccc3)c2c1.O=CO[O-].[H-].[K+].[K+]. The van der Waals surface area contributed by atoms with Crippen molar-refractivity contribution in [2.75, 3.05) is 97.7 Å². The van der Waals surface area contributed by atoms with Crippen molar-refractivity contribution in [2.45, 2.75) is 92.8 Å². The molecule has 6 aromatic heterocycles. The zero-order valence-corrected chi connectivity index (χ0v) is 61.3. The number of anilines is 5. The minimum atomic E-state index is -0.666. The number of fused-ring (bicyclic) bond motifs is 3. The number of benzene rings is 3. The van der Waals surface area contributed by atoms with Gasteiger partial charge in [-0.2, -0.15) is 15.0 Å². The minimum Gasteiger partial charge on any atom is -1.00 e. The maximum absolute atomic E-state index is 12.4. The quantitative estimate of drug-likeness (QED) is 0.0320. The number of nitrogens with zero attached hydrogens (tertiary/aromatic N) is 14. The smallest absolute Gasteiger partial charge is 1.00 e. The summed E-state index contributed by atoms with van der Waals surface area (Å²) in [7, 11) is 3.29. The van der Waals surface area contributed by atoms with Gasteiger partial charge in [-0.15, -0.1) is 0 Å². The van der Waals surface area contributed by atoms with Gasteiger partial charge in [0.2, 0.25) is 17.8 Å². The molecular weight excluding hydrogens is 1290 g/mol. The van der Waals surface area contributed by atoms with Crippen LogP contribution in [-0.2, 0) is 69.2 Å². The van der Waals surface area contributed by atoms with E-state index in [1.807, 2.05) is 54.7 Å². The summed E-state index contributed by atoms with van der Waals surface area (Å²) in [4.78, 5) is 104. The van der Waals surface area contributed by atoms with Crippen LogP contribution < -0.4 is 133 Å². The molecule has 9 heterocycles. The Morgan fingerprint density at radius 2 is 0.874 bits per heavy atom. The Labute approximate surface area is 644 Å². The first kappa shape index (κ1) is 79.1. The van der Waals surface area contributed by atoms with Gasteiger partial charge in [0, 0.05) is 73.4 Å². The molecule has 0 atom stereocenters. The van der Waals surface area contributed by atoms with E-state index >= 15 is 0 Å². The molecular formula is C67H81ClK2N14O11. The third-order valence-electron chi connectivity index (χ3n) is 15.4. The van der Waals surface area contributed by atoms with Crippen molar-refractivity contribution >= 4 is 110 Å². The molecule has 12 rings (SSSR count). The van der Waals surface area contributed by atoms with Gasteiger partial charge in [-0.1, -0.05) is 105 Å². The summed E-state index contributed by atoms with van der Waals surface area (Å²) in [6.45, 7) is 11.6. The second kappa shape index (κ2) is 40.2. The molecule has 0 radical (unpaired) electrons. The number of esters is 2. The number of aliphatic hydroxyl groups excluding tert-OH is 1. The Balaban J connectivity index is 0.000000278. The van der Waals surface area contributed by atoms with Crippen molar-refractivity contribution in [1.82, 2.24) is 43.6 Å². The number of ether oxygens (including phenoxy) is 2. The molecule has 0 saturated carbocycles. The van der Waals surface area contributed by atoms with Gasteiger partial charge in [-0.3, -0.25) is 28.8 Å². The third kappa shape index (κ3) is 22.5. The fourth-order valence-corrected chi connectivity index (χ4v) is 10.7. The van der Waals surface area contributed by atoms with Gasteiger partial charge < -0.3 is 64.4 Å². The zero-order chi connectivity index (χ0) is 65.5. The second-order valence-electron chi connectivity index (χ2n) is 21.8. The predicted octanol–water partition coefficient (Wildman–Crippen LogP) is 1.79. The van der Waals surface area contributed by atoms with Crippen molar-refractivity contribution in [3.63, 3.8) is 0 Å². The predicted molar refractivity (Wildman–Crippen MR) is 356 cm³/mol. The molecule has 9 aromatic rings. The summed E-state index contributed by atoms with van der Waals surface area (Å²) in [5.74, 6) is 1.23. The van der Waals surface area contributed by atoms with Crippen LogP contribution in [0.25, 0.3) is 33.5 Å². The van der Waals surface area contributed by atoms with Gasteiger partial charge in [-0.25, -0.2) is 15.0 Å². The molecule has 0 unspecified atom stereocenters. The van der Waals surface area contributed by atoms with Crippen LogP contribution in [0.5, 0.6) is 0 Å². The van der Waals surface area contributed by atoms with Gasteiger partial charge in [0.05, 0.1) is 60.0 Å². The van der Waals surface area contributed by atoms with Crippen LogP contribution in [0.1, 0.15) is 90.4 Å². The maximum Gasteiger partial charge on any atom is 1.00 e. The van der Waals surface area contributed by atoms with Gasteiger partial charge in [-0.05, 0) is 97.0 Å². The molecule has 28 heteroatoms. The van der Waals surface area contributed by atoms with Crippen molar-refractivity contribution < 1.29 is 158 Å². The van der Waals surface area contributed by atoms with E-state index in [1.54, 1.807) is 26.5 Å². The Morgan fingerprint density at radius 3 is 1.18 bits per heavy atom. The molecule has 3 saturated heterocycles. The number of likely N-dealkylation sites (N-methyl/N-ethyl adjacent to an activating group) is 2. The number of hydrogen-bond donors (Lipinski definition) is 1. The molecule has 0 spiro atoms. The first-order valence-electron chi connectivity index (χ1n) is 30.3. The molecule has 3 aromatic carbocycles. The van der Waals surface area contributed by atoms with Crippen molar-refractivity contribution in [3.8, 4) is 0 Å². The topological polar surface area (TPSA) is 282 Å². The van der Waals surface area contributed by atoms with E-state index in [4.69, 9.17) is 46.4 Å². The van der Waals surface area contributed by atoms with Crippen LogP contribution in [0.3, 0.4) is 0 Å². The van der Waals surface area contributed by atoms with Crippen LogP contribution in [0.15, 0.2) is 128 Å². The zero-order valence-electron chi connectivity index (χ0n) is 55.3. The number of imidazole rings is 3. The summed E-state index contributed by atoms with van der Waals surface area (Å²) >= 11 is 4.81. The van der Waals surface area contributed by atoms with Crippen LogP contribution in [0.4, 0.5) is 29.2 Å². The summed E-state index contributed by atoms with van der Waals surface area (Å²) in [6.07, 6.45) is 13.4. The molecule has 3 aliphatic rings. The number of aliphatic hydroxyl groups is 1. The molecule has 3 aliphatic heterocycles. The number of hydrogen-bond acceptors (Lipinski definition) is 20. The van der Waals surface area contributed by atoms with Crippen molar-refractivity contribution in [3.05, 3.63) is 150 Å². The number of halogens is 1. The molecule has 494 valence electrons. The minimum absolute atomic E-state index is 0. The number of aryl methyl sites for hydroxylation is 1. The molecule has 25 nitrogen and oxygen atoms in total. The Kier molecular flexibility index (Phi) is 33.5. The number of rotatable bonds is 18. The van der Waals surface area contributed by atoms with Crippen LogP contribution in [-0.4, -0.2) is 157 Å². The van der Waals surface area contributed by atoms with Gasteiger partial charge >= 0.3 is 115 Å². The fraction of sp³-hybridized carbons (Fsp3) is 0.373. The Hall–Kier alpha value is -6.58. The number of pyridine rings is 3. The van der Waals surface area contributed by atoms with E-state index in [0.29, 0.717) is 35.8 Å². The number of aromatic nitrogens is 9. The molecule has 1 N–H and O–H groups in total. The number of amides is 2. The van der Waals surface area contributed by atoms with Crippen molar-refractivity contribution in [2.24, 2.45) is 0 Å². The summed E-state index contributed by atoms with van der Waals surface area (Å²) < 4.78 is 15.7. The first-order chi connectivity index (χ1) is 44.6. The van der Waals surface area contributed by atoms with Gasteiger partial charge in [0.25, 0.3) is 23.5 Å². The van der Waals surface area contributed by atoms with E-state index in [2.05, 4.69) is 121 Å². The van der Waals surface area contributed by atoms with E-state index in [9.17, 15) is 24.0 Å². The second-order valence-corrected chi connectivity index (χ2v) is 22.2. The fourth-order valence-electron chi connectivity index (χ4n) is 10.6. The Morgan fingerprint density at radius 1 is 0.547 bits per heavy atom. The average Bonchev–Trinajstić information content (AvgIpc) is 1.64. The molecule has 95 heavy (non-hydrogen) atoms. The summed E-state index contributed by atoms with van der Waals surface area (Å²) in [5.41, 5.74) is 11.3. The van der Waals surface area contributed by atoms with Gasteiger partial charge in [0.1, 0.15) is 6.61 Å². The van der Waals surface area contributed by atoms with Crippen LogP contribution >= 0.6 is 11.6 Å². The Bertz CT molecular complexity index is 3920. The van der Waals surface area contributed by atoms with Crippen LogP contribution in [0.2, 0.25) is 0 Å². The van der Waals surface area contributed by atoms with Crippen molar-refractivity contribution in [1.29, 1.82) is 0 Å². The van der Waals surface area contributed by atoms with E-state index in [-0.39, 0.29) is 143 Å². The van der Waals surface area contributed by atoms with E-state index < -0.39 is 23.8 Å². The molecule has 3 fully saturated rings. The molecule has 0 bridgehead atoms. The number of carbonyl (C=O) groups is 6. The maximum atomic E-state index is 12.4. The average molecular weight is 1370 g/mol. The third-order valence-corrected chi connectivity index (χ3v) is 15.5. The van der Waals surface area contributed by atoms with E-state index in [0.717, 1.165) is 105 Å². The molecule has 2 amide bonds. The largest absolute Gasteiger partial charge is 1.00 e. The normalized spacial score (nSPS) is 12.8. The van der Waals surface area contributed by atoms with Crippen LogP contribution in [0, 0.1) is 0 Å². The van der Waals surface area contributed by atoms with Gasteiger partial charge in [0.15, 0.2) is 30.2 Å². The summed E-state index contributed by atoms with van der Waals surface area (Å²) in [6, 6.07) is 37.2. The summed E-state index contributed by atoms with van der Waals surface area (Å²) in [5, 5.41) is 16.9. The number of carbonyl (C=O) groups excluding carboxylic acids is 6. The monoisotopic (exact) mass is 1370 g/mol. The van der Waals surface area contributed by atoms with E-state index in [1.165, 1.54) is 71.6 Å². The standard InChI is InChI=1S/C22H25N5O3.C20H23N5O2.C19H22N4.C4H5ClO3.CH2O3.CH4.2K.H/c1-16(28)30-15-20(29)25(2)18-12-19-21(23-13-18)24-22(26-10-6-7-11-26)27(19)14-17-8-4-3-5-9-17;1-23(18(27)14-26)16-11-17-19(21-12-16)22-20(24-9-5-6-10-24)25(17)13-15-7-3-2-4-8-15;1-2-15-12-17-18(20-13-15)21-19(22-10-6-7-11-22)23(17)14-16-8-4-3-5-9-16;1-3(6)8-2-4(5)7;2-1-4-3;;;;/h3-5,8-9,12-13H,6-7,10-11,14-15H2,1-2H3;2-4,7-8,11-12,26H,5-6,9-10,13-14H2,1H3;3-5,8-9,12-13H,2,6-7,10-11,14H2,1H3;2H2,1H3;1,3H;1H4;;;/q;;;;;;2*+1;-1/p-1. The first-order valence-corrected chi connectivity index (χ1v) is 30.7.